The Labute approximate surface area is 124 Å². The lowest BCUT2D eigenvalue weighted by atomic mass is 9.91. The van der Waals surface area contributed by atoms with Crippen molar-refractivity contribution in [2.45, 2.75) is 44.0 Å². The molecule has 0 spiro atoms. The van der Waals surface area contributed by atoms with E-state index >= 15 is 0 Å². The minimum Gasteiger partial charge on any atom is -0.376 e. The number of nitrogens with two attached hydrogens (primary N) is 1. The van der Waals surface area contributed by atoms with E-state index in [-0.39, 0.29) is 6.17 Å². The molecule has 1 unspecified atom stereocenters. The van der Waals surface area contributed by atoms with Crippen LogP contribution in [0.5, 0.6) is 0 Å². The number of benzene rings is 1. The Morgan fingerprint density at radius 2 is 1.89 bits per heavy atom. The summed E-state index contributed by atoms with van der Waals surface area (Å²) in [7, 11) is 0. The topological polar surface area (TPSA) is 58.3 Å². The molecule has 0 heterocycles. The van der Waals surface area contributed by atoms with Crippen molar-refractivity contribution in [3.8, 4) is 0 Å². The molecule has 2 rings (SSSR count). The zero-order chi connectivity index (χ0) is 13.2. The molecule has 18 heavy (non-hydrogen) atoms. The van der Waals surface area contributed by atoms with Crippen LogP contribution < -0.4 is 11.1 Å². The highest BCUT2D eigenvalue weighted by atomic mass is 79.9. The standard InChI is InChI=1S/C13H18Br2N2O/c14-10-6-4-5-9(11(10)15)12(16)17-13(18)7-2-1-3-8-13/h4-6,12,17-18H,1-3,7-8,16H2. The predicted octanol–water partition coefficient (Wildman–Crippen LogP) is 3.41. The second-order valence-corrected chi connectivity index (χ2v) is 6.50. The first kappa shape index (κ1) is 14.5. The molecule has 0 aliphatic heterocycles. The first-order valence-corrected chi connectivity index (χ1v) is 7.80. The third-order valence-corrected chi connectivity index (χ3v) is 5.50. The van der Waals surface area contributed by atoms with Crippen molar-refractivity contribution in [2.75, 3.05) is 0 Å². The Balaban J connectivity index is 2.11. The Bertz CT molecular complexity index is 419. The number of nitrogens with one attached hydrogen (secondary N) is 1. The minimum absolute atomic E-state index is 0.375. The van der Waals surface area contributed by atoms with Crippen LogP contribution in [-0.4, -0.2) is 10.8 Å². The molecule has 4 N–H and O–H groups in total. The highest BCUT2D eigenvalue weighted by Gasteiger charge is 2.31. The summed E-state index contributed by atoms with van der Waals surface area (Å²) in [5.74, 6) is 0. The summed E-state index contributed by atoms with van der Waals surface area (Å²) in [5.41, 5.74) is 6.29. The summed E-state index contributed by atoms with van der Waals surface area (Å²) in [6, 6.07) is 5.85. The molecule has 0 aromatic heterocycles. The predicted molar refractivity (Wildman–Crippen MR) is 79.9 cm³/mol. The van der Waals surface area contributed by atoms with E-state index in [9.17, 15) is 5.11 Å². The van der Waals surface area contributed by atoms with Gasteiger partial charge in [-0.1, -0.05) is 18.6 Å². The number of hydrogen-bond donors (Lipinski definition) is 3. The van der Waals surface area contributed by atoms with Crippen molar-refractivity contribution >= 4 is 31.9 Å². The molecular weight excluding hydrogens is 360 g/mol. The van der Waals surface area contributed by atoms with Crippen molar-refractivity contribution in [3.63, 3.8) is 0 Å². The Kier molecular flexibility index (Phi) is 4.83. The Morgan fingerprint density at radius 1 is 1.22 bits per heavy atom. The molecule has 1 fully saturated rings. The maximum Gasteiger partial charge on any atom is 0.117 e. The minimum atomic E-state index is -0.820. The zero-order valence-corrected chi connectivity index (χ0v) is 13.3. The van der Waals surface area contributed by atoms with Gasteiger partial charge in [0.05, 0.1) is 6.17 Å². The van der Waals surface area contributed by atoms with E-state index in [2.05, 4.69) is 37.2 Å². The van der Waals surface area contributed by atoms with Crippen LogP contribution in [0.1, 0.15) is 43.8 Å². The Hall–Kier alpha value is 0.0600. The molecule has 1 aliphatic rings. The van der Waals surface area contributed by atoms with Crippen LogP contribution in [0.25, 0.3) is 0 Å². The summed E-state index contributed by atoms with van der Waals surface area (Å²) in [6.45, 7) is 0. The second-order valence-electron chi connectivity index (χ2n) is 4.86. The number of halogens is 2. The highest BCUT2D eigenvalue weighted by Crippen LogP contribution is 2.32. The molecule has 0 saturated heterocycles. The summed E-state index contributed by atoms with van der Waals surface area (Å²) in [5, 5.41) is 13.6. The second kappa shape index (κ2) is 6.01. The number of hydrogen-bond acceptors (Lipinski definition) is 3. The van der Waals surface area contributed by atoms with E-state index in [0.29, 0.717) is 0 Å². The van der Waals surface area contributed by atoms with Gasteiger partial charge in [-0.3, -0.25) is 5.32 Å². The van der Waals surface area contributed by atoms with Crippen LogP contribution >= 0.6 is 31.9 Å². The van der Waals surface area contributed by atoms with Gasteiger partial charge in [0.15, 0.2) is 0 Å². The van der Waals surface area contributed by atoms with Crippen molar-refractivity contribution in [1.29, 1.82) is 0 Å². The molecule has 1 aromatic carbocycles. The van der Waals surface area contributed by atoms with E-state index < -0.39 is 5.72 Å². The first-order chi connectivity index (χ1) is 8.52. The van der Waals surface area contributed by atoms with Crippen molar-refractivity contribution in [1.82, 2.24) is 5.32 Å². The van der Waals surface area contributed by atoms with Crippen molar-refractivity contribution in [2.24, 2.45) is 5.73 Å². The van der Waals surface area contributed by atoms with E-state index in [1.54, 1.807) is 0 Å². The van der Waals surface area contributed by atoms with Crippen LogP contribution in [0.4, 0.5) is 0 Å². The summed E-state index contributed by atoms with van der Waals surface area (Å²) in [4.78, 5) is 0. The number of aliphatic hydroxyl groups is 1. The van der Waals surface area contributed by atoms with Crippen molar-refractivity contribution in [3.05, 3.63) is 32.7 Å². The molecule has 1 atom stereocenters. The average molecular weight is 378 g/mol. The van der Waals surface area contributed by atoms with Crippen molar-refractivity contribution < 1.29 is 5.11 Å². The molecule has 0 amide bonds. The van der Waals surface area contributed by atoms with Crippen LogP contribution in [-0.2, 0) is 0 Å². The summed E-state index contributed by atoms with van der Waals surface area (Å²) in [6.07, 6.45) is 4.46. The van der Waals surface area contributed by atoms with Gasteiger partial charge in [-0.2, -0.15) is 0 Å². The quantitative estimate of drug-likeness (QED) is 0.707. The SMILES string of the molecule is NC(NC1(O)CCCCC1)c1cccc(Br)c1Br. The zero-order valence-electron chi connectivity index (χ0n) is 10.1. The maximum absolute atomic E-state index is 10.4. The lowest BCUT2D eigenvalue weighted by Gasteiger charge is -2.35. The van der Waals surface area contributed by atoms with E-state index in [4.69, 9.17) is 5.73 Å². The Morgan fingerprint density at radius 3 is 2.56 bits per heavy atom. The van der Waals surface area contributed by atoms with Gasteiger partial charge < -0.3 is 10.8 Å². The molecule has 3 nitrogen and oxygen atoms in total. The smallest absolute Gasteiger partial charge is 0.117 e. The van der Waals surface area contributed by atoms with Gasteiger partial charge in [-0.15, -0.1) is 0 Å². The van der Waals surface area contributed by atoms with E-state index in [1.807, 2.05) is 18.2 Å². The fourth-order valence-corrected chi connectivity index (χ4v) is 3.30. The highest BCUT2D eigenvalue weighted by molar-refractivity contribution is 9.13. The molecule has 1 aliphatic carbocycles. The first-order valence-electron chi connectivity index (χ1n) is 6.21. The normalized spacial score (nSPS) is 20.7. The molecule has 100 valence electrons. The molecular formula is C13H18Br2N2O. The van der Waals surface area contributed by atoms with Crippen LogP contribution in [0.15, 0.2) is 27.1 Å². The fourth-order valence-electron chi connectivity index (χ4n) is 2.41. The average Bonchev–Trinajstić information content (AvgIpc) is 2.33. The van der Waals surface area contributed by atoms with Crippen LogP contribution in [0.3, 0.4) is 0 Å². The molecule has 0 radical (unpaired) electrons. The number of rotatable bonds is 3. The van der Waals surface area contributed by atoms with E-state index in [1.165, 1.54) is 6.42 Å². The summed E-state index contributed by atoms with van der Waals surface area (Å²) >= 11 is 6.97. The molecule has 0 bridgehead atoms. The van der Waals surface area contributed by atoms with E-state index in [0.717, 1.165) is 40.2 Å². The van der Waals surface area contributed by atoms with Crippen LogP contribution in [0, 0.1) is 0 Å². The van der Waals surface area contributed by atoms with Gasteiger partial charge in [-0.05, 0) is 69.2 Å². The third-order valence-electron chi connectivity index (χ3n) is 3.42. The lowest BCUT2D eigenvalue weighted by Crippen LogP contribution is -2.50. The van der Waals surface area contributed by atoms with Gasteiger partial charge >= 0.3 is 0 Å². The molecule has 1 saturated carbocycles. The lowest BCUT2D eigenvalue weighted by molar-refractivity contribution is -0.0375. The van der Waals surface area contributed by atoms with Gasteiger partial charge in [0.1, 0.15) is 5.72 Å². The molecule has 5 heteroatoms. The van der Waals surface area contributed by atoms with Gasteiger partial charge in [-0.25, -0.2) is 0 Å². The van der Waals surface area contributed by atoms with Crippen LogP contribution in [0.2, 0.25) is 0 Å². The third kappa shape index (κ3) is 3.33. The fraction of sp³-hybridized carbons (Fsp3) is 0.538. The van der Waals surface area contributed by atoms with Gasteiger partial charge in [0.25, 0.3) is 0 Å². The monoisotopic (exact) mass is 376 g/mol. The van der Waals surface area contributed by atoms with Gasteiger partial charge in [0.2, 0.25) is 0 Å². The van der Waals surface area contributed by atoms with Gasteiger partial charge in [0, 0.05) is 8.95 Å². The summed E-state index contributed by atoms with van der Waals surface area (Å²) < 4.78 is 1.90. The maximum atomic E-state index is 10.4. The molecule has 1 aromatic rings. The largest absolute Gasteiger partial charge is 0.376 e.